The van der Waals surface area contributed by atoms with Crippen LogP contribution in [0.5, 0.6) is 0 Å². The molecule has 7 nitrogen and oxygen atoms in total. The van der Waals surface area contributed by atoms with E-state index in [0.717, 1.165) is 47.9 Å². The van der Waals surface area contributed by atoms with Crippen LogP contribution in [0.1, 0.15) is 24.7 Å². The Morgan fingerprint density at radius 3 is 2.62 bits per heavy atom. The van der Waals surface area contributed by atoms with Crippen LogP contribution in [0.15, 0.2) is 47.2 Å². The number of benzene rings is 1. The van der Waals surface area contributed by atoms with Crippen molar-refractivity contribution in [3.63, 3.8) is 0 Å². The molecule has 4 heterocycles. The number of fused-ring (bicyclic) bond motifs is 1. The Hall–Kier alpha value is -3.00. The summed E-state index contributed by atoms with van der Waals surface area (Å²) in [6.07, 6.45) is 3.61. The lowest BCUT2D eigenvalue weighted by molar-refractivity contribution is 0.329. The first-order chi connectivity index (χ1) is 14.2. The van der Waals surface area contributed by atoms with E-state index in [1.54, 1.807) is 17.7 Å². The molecule has 0 saturated carbocycles. The number of nitrogens with zero attached hydrogens (tertiary/aromatic N) is 6. The third-order valence-electron chi connectivity index (χ3n) is 5.34. The second-order valence-electron chi connectivity index (χ2n) is 7.48. The van der Waals surface area contributed by atoms with E-state index in [-0.39, 0.29) is 0 Å². The molecule has 0 spiro atoms. The largest absolute Gasteiger partial charge is 0.356 e. The van der Waals surface area contributed by atoms with Gasteiger partial charge in [0.15, 0.2) is 0 Å². The van der Waals surface area contributed by atoms with Gasteiger partial charge in [-0.3, -0.25) is 0 Å². The van der Waals surface area contributed by atoms with E-state index in [1.807, 2.05) is 25.1 Å². The molecule has 1 aromatic carbocycles. The molecule has 0 N–H and O–H groups in total. The topological polar surface area (TPSA) is 71.2 Å². The zero-order chi connectivity index (χ0) is 19.8. The second-order valence-corrected chi connectivity index (χ2v) is 8.51. The molecule has 3 aromatic heterocycles. The van der Waals surface area contributed by atoms with Gasteiger partial charge in [-0.25, -0.2) is 9.97 Å². The van der Waals surface area contributed by atoms with Crippen molar-refractivity contribution in [1.82, 2.24) is 20.1 Å². The fraction of sp³-hybridized carbons (Fsp3) is 0.333. The summed E-state index contributed by atoms with van der Waals surface area (Å²) in [7, 11) is 3.84. The molecule has 4 aromatic rings. The van der Waals surface area contributed by atoms with Crippen molar-refractivity contribution in [2.75, 3.05) is 37.0 Å². The lowest BCUT2D eigenvalue weighted by atomic mass is 9.96. The van der Waals surface area contributed by atoms with Gasteiger partial charge < -0.3 is 14.3 Å². The maximum atomic E-state index is 5.48. The van der Waals surface area contributed by atoms with Gasteiger partial charge in [0.2, 0.25) is 5.89 Å². The van der Waals surface area contributed by atoms with Crippen LogP contribution >= 0.6 is 11.3 Å². The highest BCUT2D eigenvalue weighted by molar-refractivity contribution is 7.21. The molecule has 1 aliphatic rings. The maximum absolute atomic E-state index is 5.48. The average molecular weight is 407 g/mol. The van der Waals surface area contributed by atoms with E-state index < -0.39 is 0 Å². The highest BCUT2D eigenvalue weighted by Crippen LogP contribution is 2.37. The Bertz CT molecular complexity index is 1110. The molecule has 148 valence electrons. The summed E-state index contributed by atoms with van der Waals surface area (Å²) in [4.78, 5) is 20.1. The summed E-state index contributed by atoms with van der Waals surface area (Å²) in [6.45, 7) is 1.82. The normalized spacial score (nSPS) is 15.2. The second kappa shape index (κ2) is 7.44. The van der Waals surface area contributed by atoms with E-state index in [9.17, 15) is 0 Å². The minimum Gasteiger partial charge on any atom is -0.356 e. The first-order valence-corrected chi connectivity index (χ1v) is 10.6. The number of aromatic nitrogens is 4. The average Bonchev–Trinajstić information content (AvgIpc) is 3.42. The fourth-order valence-electron chi connectivity index (χ4n) is 3.75. The molecule has 0 aliphatic carbocycles. The van der Waals surface area contributed by atoms with Crippen molar-refractivity contribution in [3.05, 3.63) is 48.6 Å². The van der Waals surface area contributed by atoms with E-state index in [2.05, 4.69) is 55.3 Å². The minimum absolute atomic E-state index is 0.298. The Balaban J connectivity index is 1.37. The van der Waals surface area contributed by atoms with Gasteiger partial charge in [-0.2, -0.15) is 4.98 Å². The summed E-state index contributed by atoms with van der Waals surface area (Å²) >= 11 is 1.72. The third-order valence-corrected chi connectivity index (χ3v) is 6.43. The summed E-state index contributed by atoms with van der Waals surface area (Å²) < 4.78 is 5.48. The van der Waals surface area contributed by atoms with Crippen LogP contribution in [0, 0.1) is 0 Å². The number of thiophene rings is 1. The summed E-state index contributed by atoms with van der Waals surface area (Å²) in [5.41, 5.74) is 1.22. The Morgan fingerprint density at radius 2 is 1.90 bits per heavy atom. The fourth-order valence-corrected chi connectivity index (χ4v) is 4.75. The van der Waals surface area contributed by atoms with Gasteiger partial charge in [-0.15, -0.1) is 11.3 Å². The van der Waals surface area contributed by atoms with Crippen LogP contribution < -0.4 is 9.80 Å². The molecule has 1 saturated heterocycles. The van der Waals surface area contributed by atoms with E-state index >= 15 is 0 Å². The molecule has 1 fully saturated rings. The monoisotopic (exact) mass is 406 g/mol. The van der Waals surface area contributed by atoms with Crippen LogP contribution in [0.3, 0.4) is 0 Å². The molecule has 8 heteroatoms. The Morgan fingerprint density at radius 1 is 1.10 bits per heavy atom. The van der Waals surface area contributed by atoms with Crippen LogP contribution in [0.4, 0.5) is 11.8 Å². The summed E-state index contributed by atoms with van der Waals surface area (Å²) in [6, 6.07) is 12.7. The molecule has 0 radical (unpaired) electrons. The first-order valence-electron chi connectivity index (χ1n) is 9.75. The SMILES string of the molecule is CN(C)c1noc(C2CCN(c3ncnc4sc(-c5ccccc5)cc34)CC2)n1. The lowest BCUT2D eigenvalue weighted by Gasteiger charge is -2.31. The molecule has 1 aliphatic heterocycles. The molecule has 0 bridgehead atoms. The van der Waals surface area contributed by atoms with Crippen LogP contribution in [0.25, 0.3) is 20.7 Å². The van der Waals surface area contributed by atoms with E-state index in [4.69, 9.17) is 4.52 Å². The predicted molar refractivity (Wildman–Crippen MR) is 116 cm³/mol. The number of hydrogen-bond donors (Lipinski definition) is 0. The summed E-state index contributed by atoms with van der Waals surface area (Å²) in [5.74, 6) is 2.69. The smallest absolute Gasteiger partial charge is 0.265 e. The third kappa shape index (κ3) is 3.44. The molecule has 0 amide bonds. The van der Waals surface area contributed by atoms with Gasteiger partial charge in [-0.05, 0) is 29.6 Å². The quantitative estimate of drug-likeness (QED) is 0.503. The Labute approximate surface area is 173 Å². The standard InChI is InChI=1S/C21H22N6OS/c1-26(2)21-24-19(28-25-21)15-8-10-27(11-9-15)18-16-12-17(14-6-4-3-5-7-14)29-20(16)23-13-22-18/h3-7,12-13,15H,8-11H2,1-2H3. The van der Waals surface area contributed by atoms with Gasteiger partial charge in [-0.1, -0.05) is 30.3 Å². The number of hydrogen-bond acceptors (Lipinski definition) is 8. The minimum atomic E-state index is 0.298. The van der Waals surface area contributed by atoms with Crippen molar-refractivity contribution >= 4 is 33.3 Å². The molecule has 5 rings (SSSR count). The lowest BCUT2D eigenvalue weighted by Crippen LogP contribution is -2.33. The van der Waals surface area contributed by atoms with Gasteiger partial charge in [0.25, 0.3) is 5.95 Å². The molecular weight excluding hydrogens is 384 g/mol. The van der Waals surface area contributed by atoms with Gasteiger partial charge in [0.05, 0.1) is 5.39 Å². The van der Waals surface area contributed by atoms with Gasteiger partial charge in [0.1, 0.15) is 17.0 Å². The van der Waals surface area contributed by atoms with Crippen molar-refractivity contribution in [3.8, 4) is 10.4 Å². The molecule has 0 unspecified atom stereocenters. The molecule has 0 atom stereocenters. The first kappa shape index (κ1) is 18.1. The van der Waals surface area contributed by atoms with Crippen LogP contribution in [-0.4, -0.2) is 47.3 Å². The summed E-state index contributed by atoms with van der Waals surface area (Å²) in [5, 5.41) is 5.17. The zero-order valence-corrected chi connectivity index (χ0v) is 17.3. The highest BCUT2D eigenvalue weighted by atomic mass is 32.1. The number of anilines is 2. The highest BCUT2D eigenvalue weighted by Gasteiger charge is 2.27. The number of rotatable bonds is 4. The van der Waals surface area contributed by atoms with E-state index in [1.165, 1.54) is 10.4 Å². The van der Waals surface area contributed by atoms with Crippen molar-refractivity contribution in [1.29, 1.82) is 0 Å². The zero-order valence-electron chi connectivity index (χ0n) is 16.4. The Kier molecular flexibility index (Phi) is 4.63. The maximum Gasteiger partial charge on any atom is 0.265 e. The van der Waals surface area contributed by atoms with Crippen molar-refractivity contribution < 1.29 is 4.52 Å². The van der Waals surface area contributed by atoms with Crippen molar-refractivity contribution in [2.45, 2.75) is 18.8 Å². The van der Waals surface area contributed by atoms with Crippen LogP contribution in [-0.2, 0) is 0 Å². The van der Waals surface area contributed by atoms with Gasteiger partial charge in [0, 0.05) is 38.0 Å². The predicted octanol–water partition coefficient (Wildman–Crippen LogP) is 4.19. The van der Waals surface area contributed by atoms with Crippen molar-refractivity contribution in [2.24, 2.45) is 0 Å². The van der Waals surface area contributed by atoms with Crippen LogP contribution in [0.2, 0.25) is 0 Å². The molecule has 29 heavy (non-hydrogen) atoms. The van der Waals surface area contributed by atoms with Gasteiger partial charge >= 0.3 is 0 Å². The number of piperidine rings is 1. The molecular formula is C21H22N6OS. The van der Waals surface area contributed by atoms with E-state index in [0.29, 0.717) is 11.9 Å².